The average Bonchev–Trinajstić information content (AvgIpc) is 3.22. The zero-order chi connectivity index (χ0) is 16.4. The molecule has 2 atom stereocenters. The van der Waals surface area contributed by atoms with E-state index in [1.807, 2.05) is 24.3 Å². The van der Waals surface area contributed by atoms with Crippen LogP contribution >= 0.6 is 11.3 Å². The Morgan fingerprint density at radius 1 is 1.21 bits per heavy atom. The Kier molecular flexibility index (Phi) is 4.94. The number of nitrogens with zero attached hydrogens (tertiary/aromatic N) is 3. The summed E-state index contributed by atoms with van der Waals surface area (Å²) in [5.74, 6) is 0. The van der Waals surface area contributed by atoms with Crippen molar-refractivity contribution in [3.05, 3.63) is 52.0 Å². The molecule has 0 bridgehead atoms. The van der Waals surface area contributed by atoms with Crippen LogP contribution in [0, 0.1) is 6.92 Å². The molecule has 2 fully saturated rings. The highest BCUT2D eigenvalue weighted by Crippen LogP contribution is 2.26. The highest BCUT2D eigenvalue weighted by Gasteiger charge is 2.36. The summed E-state index contributed by atoms with van der Waals surface area (Å²) in [6, 6.07) is 11.2. The Hall–Kier alpha value is -1.27. The van der Waals surface area contributed by atoms with E-state index in [4.69, 9.17) is 4.74 Å². The molecule has 0 aromatic carbocycles. The number of ether oxygens (including phenoxy) is 1. The average molecular weight is 343 g/mol. The minimum Gasteiger partial charge on any atom is -0.371 e. The van der Waals surface area contributed by atoms with Gasteiger partial charge in [0.05, 0.1) is 18.4 Å². The second kappa shape index (κ2) is 7.31. The van der Waals surface area contributed by atoms with E-state index in [0.717, 1.165) is 30.9 Å². The summed E-state index contributed by atoms with van der Waals surface area (Å²) in [5.41, 5.74) is 2.10. The van der Waals surface area contributed by atoms with Gasteiger partial charge < -0.3 is 4.74 Å². The van der Waals surface area contributed by atoms with Crippen molar-refractivity contribution >= 4 is 11.3 Å². The molecule has 4 nitrogen and oxygen atoms in total. The maximum absolute atomic E-state index is 6.16. The van der Waals surface area contributed by atoms with Crippen molar-refractivity contribution in [2.75, 3.05) is 26.2 Å². The van der Waals surface area contributed by atoms with E-state index in [0.29, 0.717) is 18.8 Å². The molecule has 128 valence electrons. The van der Waals surface area contributed by atoms with E-state index in [-0.39, 0.29) is 0 Å². The molecule has 0 saturated carbocycles. The topological polar surface area (TPSA) is 28.6 Å². The van der Waals surface area contributed by atoms with Crippen LogP contribution in [0.3, 0.4) is 0 Å². The molecule has 0 N–H and O–H groups in total. The molecule has 2 saturated heterocycles. The minimum absolute atomic E-state index is 0.346. The molecule has 2 aliphatic rings. The van der Waals surface area contributed by atoms with Gasteiger partial charge >= 0.3 is 0 Å². The van der Waals surface area contributed by atoms with Gasteiger partial charge in [0.2, 0.25) is 0 Å². The number of fused-ring (bicyclic) bond motifs is 1. The molecule has 0 spiro atoms. The van der Waals surface area contributed by atoms with Gasteiger partial charge in [0.25, 0.3) is 0 Å². The van der Waals surface area contributed by atoms with Crippen molar-refractivity contribution in [3.63, 3.8) is 0 Å². The third-order valence-electron chi connectivity index (χ3n) is 5.03. The molecule has 0 radical (unpaired) electrons. The fraction of sp³-hybridized carbons (Fsp3) is 0.526. The maximum Gasteiger partial charge on any atom is 0.0892 e. The molecule has 0 aliphatic carbocycles. The molecule has 24 heavy (non-hydrogen) atoms. The number of aromatic nitrogens is 1. The van der Waals surface area contributed by atoms with Crippen LogP contribution in [0.1, 0.15) is 22.7 Å². The van der Waals surface area contributed by atoms with Gasteiger partial charge in [-0.1, -0.05) is 12.1 Å². The van der Waals surface area contributed by atoms with Crippen molar-refractivity contribution in [2.45, 2.75) is 38.6 Å². The van der Waals surface area contributed by atoms with E-state index in [2.05, 4.69) is 44.4 Å². The van der Waals surface area contributed by atoms with Crippen LogP contribution in [0.25, 0.3) is 0 Å². The third-order valence-corrected chi connectivity index (χ3v) is 5.90. The predicted molar refractivity (Wildman–Crippen MR) is 97.1 cm³/mol. The smallest absolute Gasteiger partial charge is 0.0892 e. The van der Waals surface area contributed by atoms with Crippen LogP contribution in [0.4, 0.5) is 0 Å². The molecule has 2 aromatic heterocycles. The molecule has 4 heterocycles. The minimum atomic E-state index is 0.346. The SMILES string of the molecule is Cc1cccc(CO[C@H]2C[C@H]3CN(Cc4cccs4)CCN3C2)n1. The Morgan fingerprint density at radius 2 is 2.17 bits per heavy atom. The number of hydrogen-bond donors (Lipinski definition) is 0. The lowest BCUT2D eigenvalue weighted by atomic mass is 10.1. The number of pyridine rings is 1. The van der Waals surface area contributed by atoms with Gasteiger partial charge in [-0.05, 0) is 36.9 Å². The van der Waals surface area contributed by atoms with Crippen LogP contribution in [-0.4, -0.2) is 53.1 Å². The first-order valence-electron chi connectivity index (χ1n) is 8.79. The first-order valence-corrected chi connectivity index (χ1v) is 9.67. The van der Waals surface area contributed by atoms with Crippen molar-refractivity contribution in [2.24, 2.45) is 0 Å². The Balaban J connectivity index is 1.28. The fourth-order valence-corrected chi connectivity index (χ4v) is 4.58. The van der Waals surface area contributed by atoms with Crippen molar-refractivity contribution in [1.29, 1.82) is 0 Å². The number of aryl methyl sites for hydroxylation is 1. The molecule has 0 amide bonds. The normalized spacial score (nSPS) is 25.0. The van der Waals surface area contributed by atoms with Crippen LogP contribution < -0.4 is 0 Å². The predicted octanol–water partition coefficient (Wildman–Crippen LogP) is 2.93. The summed E-state index contributed by atoms with van der Waals surface area (Å²) < 4.78 is 6.16. The fourth-order valence-electron chi connectivity index (χ4n) is 3.83. The number of hydrogen-bond acceptors (Lipinski definition) is 5. The van der Waals surface area contributed by atoms with Gasteiger partial charge in [0, 0.05) is 49.3 Å². The van der Waals surface area contributed by atoms with Crippen molar-refractivity contribution in [1.82, 2.24) is 14.8 Å². The zero-order valence-electron chi connectivity index (χ0n) is 14.2. The van der Waals surface area contributed by atoms with Gasteiger partial charge in [0.1, 0.15) is 0 Å². The van der Waals surface area contributed by atoms with Gasteiger partial charge in [-0.3, -0.25) is 14.8 Å². The van der Waals surface area contributed by atoms with E-state index in [1.54, 1.807) is 0 Å². The lowest BCUT2D eigenvalue weighted by Gasteiger charge is -2.37. The van der Waals surface area contributed by atoms with E-state index >= 15 is 0 Å². The summed E-state index contributed by atoms with van der Waals surface area (Å²) in [6.45, 7) is 8.33. The Bertz CT molecular complexity index is 660. The first-order chi connectivity index (χ1) is 11.8. The number of piperazine rings is 1. The highest BCUT2D eigenvalue weighted by molar-refractivity contribution is 7.09. The van der Waals surface area contributed by atoms with Gasteiger partial charge in [-0.2, -0.15) is 0 Å². The van der Waals surface area contributed by atoms with Crippen LogP contribution in [0.5, 0.6) is 0 Å². The summed E-state index contributed by atoms with van der Waals surface area (Å²) in [6.07, 6.45) is 1.49. The lowest BCUT2D eigenvalue weighted by molar-refractivity contribution is 0.0440. The Labute approximate surface area is 148 Å². The molecule has 4 rings (SSSR count). The zero-order valence-corrected chi connectivity index (χ0v) is 15.0. The third kappa shape index (κ3) is 3.86. The molecule has 0 unspecified atom stereocenters. The monoisotopic (exact) mass is 343 g/mol. The highest BCUT2D eigenvalue weighted by atomic mass is 32.1. The largest absolute Gasteiger partial charge is 0.371 e. The molecular formula is C19H25N3OS. The quantitative estimate of drug-likeness (QED) is 0.835. The van der Waals surface area contributed by atoms with E-state index in [1.165, 1.54) is 24.5 Å². The lowest BCUT2D eigenvalue weighted by Crippen LogP contribution is -2.49. The van der Waals surface area contributed by atoms with Crippen LogP contribution in [-0.2, 0) is 17.9 Å². The molecule has 2 aromatic rings. The summed E-state index contributed by atoms with van der Waals surface area (Å²) in [4.78, 5) is 11.2. The summed E-state index contributed by atoms with van der Waals surface area (Å²) in [7, 11) is 0. The second-order valence-electron chi connectivity index (χ2n) is 6.90. The molecular weight excluding hydrogens is 318 g/mol. The first kappa shape index (κ1) is 16.2. The standard InChI is InChI=1S/C19H25N3OS/c1-15-4-2-5-16(20-15)14-23-18-10-17-11-21(7-8-22(17)12-18)13-19-6-3-9-24-19/h2-6,9,17-18H,7-8,10-14H2,1H3/t17-,18-/m0/s1. The summed E-state index contributed by atoms with van der Waals surface area (Å²) in [5, 5.41) is 2.17. The van der Waals surface area contributed by atoms with Crippen molar-refractivity contribution in [3.8, 4) is 0 Å². The van der Waals surface area contributed by atoms with Crippen molar-refractivity contribution < 1.29 is 4.74 Å². The molecule has 2 aliphatic heterocycles. The van der Waals surface area contributed by atoms with E-state index in [9.17, 15) is 0 Å². The molecule has 5 heteroatoms. The number of thiophene rings is 1. The van der Waals surface area contributed by atoms with Gasteiger partial charge in [-0.15, -0.1) is 11.3 Å². The number of rotatable bonds is 5. The summed E-state index contributed by atoms with van der Waals surface area (Å²) >= 11 is 1.86. The van der Waals surface area contributed by atoms with E-state index < -0.39 is 0 Å². The maximum atomic E-state index is 6.16. The Morgan fingerprint density at radius 3 is 3.00 bits per heavy atom. The van der Waals surface area contributed by atoms with Gasteiger partial charge in [-0.25, -0.2) is 0 Å². The van der Waals surface area contributed by atoms with Crippen LogP contribution in [0.15, 0.2) is 35.7 Å². The van der Waals surface area contributed by atoms with Gasteiger partial charge in [0.15, 0.2) is 0 Å². The van der Waals surface area contributed by atoms with Crippen LogP contribution in [0.2, 0.25) is 0 Å². The second-order valence-corrected chi connectivity index (χ2v) is 7.93.